The first-order chi connectivity index (χ1) is 13.1. The van der Waals surface area contributed by atoms with E-state index in [1.807, 2.05) is 36.4 Å². The summed E-state index contributed by atoms with van der Waals surface area (Å²) in [7, 11) is 1.63. The lowest BCUT2D eigenvalue weighted by Crippen LogP contribution is -2.47. The maximum atomic E-state index is 12.6. The first kappa shape index (κ1) is 18.8. The van der Waals surface area contributed by atoms with Crippen molar-refractivity contribution in [2.75, 3.05) is 25.6 Å². The van der Waals surface area contributed by atoms with Gasteiger partial charge in [-0.05, 0) is 48.7 Å². The van der Waals surface area contributed by atoms with Crippen molar-refractivity contribution < 1.29 is 19.1 Å². The first-order valence-electron chi connectivity index (χ1n) is 9.07. The predicted octanol–water partition coefficient (Wildman–Crippen LogP) is 3.78. The number of nitrogens with zero attached hydrogens (tertiary/aromatic N) is 1. The van der Waals surface area contributed by atoms with Gasteiger partial charge in [-0.25, -0.2) is 4.79 Å². The summed E-state index contributed by atoms with van der Waals surface area (Å²) >= 11 is 0. The molecule has 27 heavy (non-hydrogen) atoms. The number of hydrogen-bond acceptors (Lipinski definition) is 4. The van der Waals surface area contributed by atoms with E-state index in [2.05, 4.69) is 5.32 Å². The summed E-state index contributed by atoms with van der Waals surface area (Å²) in [5, 5.41) is 2.92. The normalized spacial score (nSPS) is 15.6. The van der Waals surface area contributed by atoms with Crippen LogP contribution in [0.15, 0.2) is 48.5 Å². The van der Waals surface area contributed by atoms with Gasteiger partial charge in [0, 0.05) is 12.2 Å². The Labute approximate surface area is 159 Å². The van der Waals surface area contributed by atoms with Crippen LogP contribution in [0.3, 0.4) is 0 Å². The first-order valence-corrected chi connectivity index (χ1v) is 9.07. The average Bonchev–Trinajstić information content (AvgIpc) is 2.63. The lowest BCUT2D eigenvalue weighted by Gasteiger charge is -2.41. The number of amides is 2. The smallest absolute Gasteiger partial charge is 0.322 e. The molecular formula is C21H24N2O4. The Bertz CT molecular complexity index is 804. The predicted molar refractivity (Wildman–Crippen MR) is 103 cm³/mol. The number of esters is 1. The highest BCUT2D eigenvalue weighted by Crippen LogP contribution is 2.35. The molecule has 0 aromatic heterocycles. The van der Waals surface area contributed by atoms with E-state index in [4.69, 9.17) is 9.47 Å². The molecule has 1 aliphatic rings. The molecule has 2 aromatic carbocycles. The van der Waals surface area contributed by atoms with Crippen LogP contribution in [0.25, 0.3) is 0 Å². The van der Waals surface area contributed by atoms with E-state index >= 15 is 0 Å². The van der Waals surface area contributed by atoms with Crippen molar-refractivity contribution in [2.45, 2.75) is 25.8 Å². The molecule has 1 fully saturated rings. The van der Waals surface area contributed by atoms with Crippen molar-refractivity contribution >= 4 is 17.7 Å². The van der Waals surface area contributed by atoms with E-state index in [0.29, 0.717) is 18.8 Å². The second-order valence-corrected chi connectivity index (χ2v) is 6.38. The highest BCUT2D eigenvalue weighted by Gasteiger charge is 2.33. The molecule has 2 aromatic rings. The van der Waals surface area contributed by atoms with Crippen LogP contribution >= 0.6 is 0 Å². The van der Waals surface area contributed by atoms with Gasteiger partial charge < -0.3 is 19.7 Å². The van der Waals surface area contributed by atoms with Crippen LogP contribution in [0.2, 0.25) is 0 Å². The zero-order chi connectivity index (χ0) is 19.2. The van der Waals surface area contributed by atoms with E-state index in [1.54, 1.807) is 31.1 Å². The number of methoxy groups -OCH3 is 1. The summed E-state index contributed by atoms with van der Waals surface area (Å²) in [6, 6.07) is 15.0. The van der Waals surface area contributed by atoms with Crippen LogP contribution < -0.4 is 10.1 Å². The van der Waals surface area contributed by atoms with E-state index in [0.717, 1.165) is 23.3 Å². The van der Waals surface area contributed by atoms with E-state index in [-0.39, 0.29) is 24.5 Å². The number of anilines is 1. The van der Waals surface area contributed by atoms with Crippen molar-refractivity contribution in [2.24, 2.45) is 0 Å². The Hall–Kier alpha value is -3.02. The highest BCUT2D eigenvalue weighted by molar-refractivity contribution is 5.90. The third-order valence-electron chi connectivity index (χ3n) is 4.62. The van der Waals surface area contributed by atoms with Gasteiger partial charge >= 0.3 is 12.0 Å². The summed E-state index contributed by atoms with van der Waals surface area (Å²) in [4.78, 5) is 25.9. The van der Waals surface area contributed by atoms with Crippen molar-refractivity contribution in [1.82, 2.24) is 4.90 Å². The molecule has 142 valence electrons. The number of urea groups is 1. The maximum absolute atomic E-state index is 12.6. The number of carbonyl (C=O) groups excluding carboxylic acids is 2. The molecule has 1 aliphatic heterocycles. The SMILES string of the molecule is CCOC(=O)Cc1ccc(NC(=O)N2CC[C@@H]2c2cccc(OC)c2)cc1. The standard InChI is InChI=1S/C21H24N2O4/c1-3-27-20(24)13-15-7-9-17(10-8-15)22-21(25)23-12-11-19(23)16-5-4-6-18(14-16)26-2/h4-10,14,19H,3,11-13H2,1-2H3,(H,22,25)/t19-/m1/s1. The van der Waals surface area contributed by atoms with Crippen LogP contribution in [-0.2, 0) is 16.0 Å². The molecular weight excluding hydrogens is 344 g/mol. The number of rotatable bonds is 6. The number of likely N-dealkylation sites (tertiary alicyclic amines) is 1. The summed E-state index contributed by atoms with van der Waals surface area (Å²) in [5.74, 6) is 0.535. The molecule has 1 atom stereocenters. The van der Waals surface area contributed by atoms with Gasteiger partial charge in [-0.1, -0.05) is 24.3 Å². The fraction of sp³-hybridized carbons (Fsp3) is 0.333. The van der Waals surface area contributed by atoms with Crippen LogP contribution in [-0.4, -0.2) is 37.2 Å². The van der Waals surface area contributed by atoms with Gasteiger partial charge in [-0.3, -0.25) is 4.79 Å². The minimum absolute atomic E-state index is 0.0585. The van der Waals surface area contributed by atoms with Crippen molar-refractivity contribution in [3.05, 3.63) is 59.7 Å². The Morgan fingerprint density at radius 1 is 1.19 bits per heavy atom. The number of benzene rings is 2. The molecule has 3 rings (SSSR count). The third kappa shape index (κ3) is 4.58. The molecule has 1 N–H and O–H groups in total. The fourth-order valence-corrected chi connectivity index (χ4v) is 3.11. The van der Waals surface area contributed by atoms with Crippen LogP contribution in [0.5, 0.6) is 5.75 Å². The molecule has 0 spiro atoms. The lowest BCUT2D eigenvalue weighted by molar-refractivity contribution is -0.142. The summed E-state index contributed by atoms with van der Waals surface area (Å²) < 4.78 is 10.2. The summed E-state index contributed by atoms with van der Waals surface area (Å²) in [5.41, 5.74) is 2.62. The van der Waals surface area contributed by atoms with E-state index in [1.165, 1.54) is 0 Å². The topological polar surface area (TPSA) is 67.9 Å². The molecule has 0 radical (unpaired) electrons. The average molecular weight is 368 g/mol. The molecule has 6 heteroatoms. The van der Waals surface area contributed by atoms with Crippen molar-refractivity contribution in [3.8, 4) is 5.75 Å². The Balaban J connectivity index is 1.59. The molecule has 2 amide bonds. The molecule has 0 unspecified atom stereocenters. The number of nitrogens with one attached hydrogen (secondary N) is 1. The summed E-state index contributed by atoms with van der Waals surface area (Å²) in [6.07, 6.45) is 1.16. The van der Waals surface area contributed by atoms with Crippen molar-refractivity contribution in [1.29, 1.82) is 0 Å². The van der Waals surface area contributed by atoms with Crippen LogP contribution in [0, 0.1) is 0 Å². The van der Waals surface area contributed by atoms with E-state index in [9.17, 15) is 9.59 Å². The molecule has 1 saturated heterocycles. The Morgan fingerprint density at radius 3 is 2.59 bits per heavy atom. The van der Waals surface area contributed by atoms with Gasteiger partial charge in [-0.2, -0.15) is 0 Å². The Morgan fingerprint density at radius 2 is 1.96 bits per heavy atom. The van der Waals surface area contributed by atoms with E-state index < -0.39 is 0 Å². The zero-order valence-corrected chi connectivity index (χ0v) is 15.6. The van der Waals surface area contributed by atoms with Gasteiger partial charge in [0.15, 0.2) is 0 Å². The maximum Gasteiger partial charge on any atom is 0.322 e. The largest absolute Gasteiger partial charge is 0.497 e. The van der Waals surface area contributed by atoms with Gasteiger partial charge in [0.05, 0.1) is 26.2 Å². The van der Waals surface area contributed by atoms with Gasteiger partial charge in [0.25, 0.3) is 0 Å². The highest BCUT2D eigenvalue weighted by atomic mass is 16.5. The minimum atomic E-state index is -0.254. The number of ether oxygens (including phenoxy) is 2. The second-order valence-electron chi connectivity index (χ2n) is 6.38. The third-order valence-corrected chi connectivity index (χ3v) is 4.62. The quantitative estimate of drug-likeness (QED) is 0.788. The van der Waals surface area contributed by atoms with Crippen LogP contribution in [0.1, 0.15) is 30.5 Å². The number of hydrogen-bond donors (Lipinski definition) is 1. The minimum Gasteiger partial charge on any atom is -0.497 e. The lowest BCUT2D eigenvalue weighted by atomic mass is 9.95. The molecule has 1 heterocycles. The van der Waals surface area contributed by atoms with Crippen LogP contribution in [0.4, 0.5) is 10.5 Å². The summed E-state index contributed by atoms with van der Waals surface area (Å²) in [6.45, 7) is 2.87. The van der Waals surface area contributed by atoms with Crippen molar-refractivity contribution in [3.63, 3.8) is 0 Å². The monoisotopic (exact) mass is 368 g/mol. The van der Waals surface area contributed by atoms with Gasteiger partial charge in [0.2, 0.25) is 0 Å². The fourth-order valence-electron chi connectivity index (χ4n) is 3.11. The molecule has 0 bridgehead atoms. The van der Waals surface area contributed by atoms with Gasteiger partial charge in [-0.15, -0.1) is 0 Å². The Kier molecular flexibility index (Phi) is 5.96. The molecule has 0 saturated carbocycles. The molecule has 6 nitrogen and oxygen atoms in total. The number of carbonyl (C=O) groups is 2. The zero-order valence-electron chi connectivity index (χ0n) is 15.6. The molecule has 0 aliphatic carbocycles. The second kappa shape index (κ2) is 8.58. The van der Waals surface area contributed by atoms with Gasteiger partial charge in [0.1, 0.15) is 5.75 Å².